The van der Waals surface area contributed by atoms with Crippen LogP contribution in [0.25, 0.3) is 0 Å². The highest BCUT2D eigenvalue weighted by Crippen LogP contribution is 2.31. The van der Waals surface area contributed by atoms with E-state index in [9.17, 15) is 4.79 Å². The molecule has 0 saturated heterocycles. The molecule has 0 saturated carbocycles. The van der Waals surface area contributed by atoms with E-state index in [4.69, 9.17) is 0 Å². The number of rotatable bonds is 4. The van der Waals surface area contributed by atoms with Gasteiger partial charge in [0.05, 0.1) is 6.04 Å². The van der Waals surface area contributed by atoms with Crippen LogP contribution in [0.3, 0.4) is 0 Å². The largest absolute Gasteiger partial charge is 0.331 e. The Labute approximate surface area is 138 Å². The van der Waals surface area contributed by atoms with Crippen LogP contribution in [-0.4, -0.2) is 23.4 Å². The van der Waals surface area contributed by atoms with Crippen molar-refractivity contribution in [3.63, 3.8) is 0 Å². The molecule has 1 unspecified atom stereocenters. The van der Waals surface area contributed by atoms with Gasteiger partial charge in [-0.1, -0.05) is 47.9 Å². The molecule has 118 valence electrons. The summed E-state index contributed by atoms with van der Waals surface area (Å²) in [6, 6.07) is -0.0696. The Morgan fingerprint density at radius 1 is 1.22 bits per heavy atom. The molecule has 2 nitrogen and oxygen atoms in total. The molecule has 0 spiro atoms. The van der Waals surface area contributed by atoms with Crippen LogP contribution in [0.5, 0.6) is 0 Å². The lowest BCUT2D eigenvalue weighted by atomic mass is 9.86. The molecule has 2 heteroatoms. The van der Waals surface area contributed by atoms with Crippen LogP contribution >= 0.6 is 0 Å². The molecule has 0 aromatic rings. The van der Waals surface area contributed by atoms with Gasteiger partial charge in [0, 0.05) is 13.5 Å². The molecule has 1 atom stereocenters. The normalized spacial score (nSPS) is 21.3. The predicted octanol–water partition coefficient (Wildman–Crippen LogP) is 4.42. The summed E-state index contributed by atoms with van der Waals surface area (Å²) in [5.74, 6) is 0.0966. The molecule has 2 rings (SSSR count). The maximum atomic E-state index is 12.2. The zero-order valence-electron chi connectivity index (χ0n) is 14.0. The predicted molar refractivity (Wildman–Crippen MR) is 95.8 cm³/mol. The number of carbonyl (C=O) groups is 1. The molecular weight excluding hydrogens is 282 g/mol. The zero-order chi connectivity index (χ0) is 16.7. The maximum absolute atomic E-state index is 12.2. The molecule has 0 radical (unpaired) electrons. The van der Waals surface area contributed by atoms with Crippen LogP contribution in [0, 0.1) is 0 Å². The Kier molecular flexibility index (Phi) is 6.00. The number of allylic oxidation sites excluding steroid dienone is 7. The first-order chi connectivity index (χ1) is 11.2. The van der Waals surface area contributed by atoms with E-state index in [-0.39, 0.29) is 11.9 Å². The van der Waals surface area contributed by atoms with E-state index in [1.165, 1.54) is 11.1 Å². The summed E-state index contributed by atoms with van der Waals surface area (Å²) in [6.45, 7) is 6.39. The van der Waals surface area contributed by atoms with Gasteiger partial charge in [0.25, 0.3) is 0 Å². The van der Waals surface area contributed by atoms with Gasteiger partial charge in [-0.3, -0.25) is 4.79 Å². The smallest absolute Gasteiger partial charge is 0.220 e. The average molecular weight is 305 g/mol. The zero-order valence-corrected chi connectivity index (χ0v) is 14.0. The van der Waals surface area contributed by atoms with Crippen molar-refractivity contribution in [1.29, 1.82) is 0 Å². The van der Waals surface area contributed by atoms with Crippen LogP contribution in [0.4, 0.5) is 0 Å². The first-order valence-corrected chi connectivity index (χ1v) is 7.99. The lowest BCUT2D eigenvalue weighted by Crippen LogP contribution is -2.44. The number of nitrogens with zero attached hydrogens (tertiary/aromatic N) is 1. The van der Waals surface area contributed by atoms with Gasteiger partial charge in [0.1, 0.15) is 0 Å². The third-order valence-corrected chi connectivity index (χ3v) is 3.95. The molecule has 1 amide bonds. The maximum Gasteiger partial charge on any atom is 0.220 e. The minimum absolute atomic E-state index is 0.0696. The first-order valence-electron chi connectivity index (χ1n) is 7.99. The van der Waals surface area contributed by atoms with Crippen molar-refractivity contribution >= 4 is 5.91 Å². The van der Waals surface area contributed by atoms with Gasteiger partial charge in [-0.25, -0.2) is 0 Å². The minimum Gasteiger partial charge on any atom is -0.331 e. The van der Waals surface area contributed by atoms with Crippen LogP contribution < -0.4 is 0 Å². The van der Waals surface area contributed by atoms with E-state index in [0.717, 1.165) is 18.5 Å². The van der Waals surface area contributed by atoms with Crippen LogP contribution in [0.15, 0.2) is 82.9 Å². The lowest BCUT2D eigenvalue weighted by molar-refractivity contribution is -0.130. The molecule has 0 fully saturated rings. The summed E-state index contributed by atoms with van der Waals surface area (Å²) in [5.41, 5.74) is 9.46. The van der Waals surface area contributed by atoms with Gasteiger partial charge >= 0.3 is 0 Å². The molecule has 2 aliphatic rings. The summed E-state index contributed by atoms with van der Waals surface area (Å²) in [6.07, 6.45) is 19.0. The molecular formula is C21H23NO. The van der Waals surface area contributed by atoms with E-state index in [2.05, 4.69) is 29.7 Å². The number of hydrogen-bond acceptors (Lipinski definition) is 1. The Morgan fingerprint density at radius 2 is 2.04 bits per heavy atom. The average Bonchev–Trinajstić information content (AvgIpc) is 2.56. The Bertz CT molecular complexity index is 715. The molecule has 0 bridgehead atoms. The van der Waals surface area contributed by atoms with Crippen molar-refractivity contribution in [2.75, 3.05) is 6.54 Å². The summed E-state index contributed by atoms with van der Waals surface area (Å²) in [7, 11) is 0. The van der Waals surface area contributed by atoms with E-state index < -0.39 is 0 Å². The second kappa shape index (κ2) is 8.19. The topological polar surface area (TPSA) is 20.3 Å². The highest BCUT2D eigenvalue weighted by Gasteiger charge is 2.31. The monoisotopic (exact) mass is 305 g/mol. The molecule has 1 heterocycles. The van der Waals surface area contributed by atoms with Crippen molar-refractivity contribution in [3.8, 4) is 0 Å². The van der Waals surface area contributed by atoms with Gasteiger partial charge in [0.2, 0.25) is 5.91 Å². The van der Waals surface area contributed by atoms with Gasteiger partial charge < -0.3 is 4.90 Å². The second-order valence-corrected chi connectivity index (χ2v) is 5.50. The summed E-state index contributed by atoms with van der Waals surface area (Å²) >= 11 is 0. The fourth-order valence-corrected chi connectivity index (χ4v) is 2.94. The summed E-state index contributed by atoms with van der Waals surface area (Å²) < 4.78 is 0. The highest BCUT2D eigenvalue weighted by molar-refractivity contribution is 5.76. The van der Waals surface area contributed by atoms with Crippen molar-refractivity contribution in [1.82, 2.24) is 4.90 Å². The van der Waals surface area contributed by atoms with Gasteiger partial charge in [-0.15, -0.1) is 0 Å². The van der Waals surface area contributed by atoms with E-state index >= 15 is 0 Å². The molecule has 1 aliphatic heterocycles. The third-order valence-electron chi connectivity index (χ3n) is 3.95. The highest BCUT2D eigenvalue weighted by atomic mass is 16.2. The fraction of sp³-hybridized carbons (Fsp3) is 0.286. The first kappa shape index (κ1) is 16.8. The van der Waals surface area contributed by atoms with E-state index in [0.29, 0.717) is 0 Å². The fourth-order valence-electron chi connectivity index (χ4n) is 2.94. The van der Waals surface area contributed by atoms with E-state index in [1.54, 1.807) is 6.92 Å². The van der Waals surface area contributed by atoms with Gasteiger partial charge in [-0.2, -0.15) is 0 Å². The molecule has 0 aromatic heterocycles. The Morgan fingerprint density at radius 3 is 2.65 bits per heavy atom. The quantitative estimate of drug-likeness (QED) is 0.556. The van der Waals surface area contributed by atoms with Crippen LogP contribution in [-0.2, 0) is 4.79 Å². The summed E-state index contributed by atoms with van der Waals surface area (Å²) in [5, 5.41) is 0. The Balaban J connectivity index is 2.55. The number of carbonyl (C=O) groups excluding carboxylic acids is 1. The molecule has 0 aromatic carbocycles. The van der Waals surface area contributed by atoms with Crippen molar-refractivity contribution in [2.24, 2.45) is 0 Å². The second-order valence-electron chi connectivity index (χ2n) is 5.50. The van der Waals surface area contributed by atoms with Crippen LogP contribution in [0.2, 0.25) is 0 Å². The van der Waals surface area contributed by atoms with Gasteiger partial charge in [0.15, 0.2) is 0 Å². The van der Waals surface area contributed by atoms with Gasteiger partial charge in [-0.05, 0) is 55.2 Å². The Hall–Kier alpha value is -2.53. The number of hydrogen-bond donors (Lipinski definition) is 0. The molecule has 0 N–H and O–H groups in total. The summed E-state index contributed by atoms with van der Waals surface area (Å²) in [4.78, 5) is 14.1. The van der Waals surface area contributed by atoms with Crippen LogP contribution in [0.1, 0.15) is 27.2 Å². The third kappa shape index (κ3) is 4.02. The SMILES string of the molecule is C/C=C/C=C\C1=C(/C=C/C)CCN(C(C)=O)C1C1=CC=C=C=C1. The van der Waals surface area contributed by atoms with Crippen molar-refractivity contribution in [2.45, 2.75) is 33.2 Å². The van der Waals surface area contributed by atoms with Crippen molar-refractivity contribution in [3.05, 3.63) is 82.9 Å². The molecule has 23 heavy (non-hydrogen) atoms. The lowest BCUT2D eigenvalue weighted by Gasteiger charge is -2.38. The van der Waals surface area contributed by atoms with E-state index in [1.807, 2.05) is 55.2 Å². The number of amides is 1. The minimum atomic E-state index is -0.0696. The van der Waals surface area contributed by atoms with Crippen molar-refractivity contribution < 1.29 is 4.79 Å². The molecule has 1 aliphatic carbocycles. The standard InChI is InChI=1S/C21H23NO/c1-4-6-8-14-20-18(11-5-2)15-16-22(17(3)23)21(20)19-12-9-7-10-13-19/h4-6,8-9,11-14,21H,15-16H2,1-3H3/b6-4+,11-5+,14-8-.